The molecule has 0 aliphatic rings. The van der Waals surface area contributed by atoms with Crippen molar-refractivity contribution in [3.8, 4) is 0 Å². The van der Waals surface area contributed by atoms with Gasteiger partial charge in [0.25, 0.3) is 0 Å². The van der Waals surface area contributed by atoms with Gasteiger partial charge < -0.3 is 4.57 Å². The zero-order chi connectivity index (χ0) is 9.97. The maximum atomic E-state index is 4.13. The van der Waals surface area contributed by atoms with Gasteiger partial charge in [-0.25, -0.2) is 0 Å². The first-order valence-electron chi connectivity index (χ1n) is 4.67. The summed E-state index contributed by atoms with van der Waals surface area (Å²) in [5.74, 6) is 1.04. The first kappa shape index (κ1) is 9.40. The highest BCUT2D eigenvalue weighted by molar-refractivity contribution is 7.07. The summed E-state index contributed by atoms with van der Waals surface area (Å²) >= 11 is 1.72. The molecule has 4 heteroatoms. The molecule has 0 atom stereocenters. The van der Waals surface area contributed by atoms with Crippen LogP contribution in [0.1, 0.15) is 31.3 Å². The summed E-state index contributed by atoms with van der Waals surface area (Å²) in [5.41, 5.74) is 1.31. The zero-order valence-corrected chi connectivity index (χ0v) is 9.16. The average Bonchev–Trinajstić information content (AvgIpc) is 2.75. The quantitative estimate of drug-likeness (QED) is 0.774. The molecule has 0 aliphatic carbocycles. The van der Waals surface area contributed by atoms with Crippen LogP contribution in [-0.4, -0.2) is 14.8 Å². The van der Waals surface area contributed by atoms with Gasteiger partial charge in [0.2, 0.25) is 0 Å². The SMILES string of the molecule is CC(C)n1cnnc1Cc1ccsc1. The minimum absolute atomic E-state index is 0.429. The third kappa shape index (κ3) is 1.85. The fourth-order valence-electron chi connectivity index (χ4n) is 1.40. The van der Waals surface area contributed by atoms with Gasteiger partial charge in [-0.05, 0) is 36.2 Å². The first-order chi connectivity index (χ1) is 6.77. The van der Waals surface area contributed by atoms with Crippen molar-refractivity contribution < 1.29 is 0 Å². The number of hydrogen-bond donors (Lipinski definition) is 0. The van der Waals surface area contributed by atoms with Crippen LogP contribution in [0.5, 0.6) is 0 Å². The van der Waals surface area contributed by atoms with E-state index < -0.39 is 0 Å². The summed E-state index contributed by atoms with van der Waals surface area (Å²) in [6.45, 7) is 4.28. The van der Waals surface area contributed by atoms with Crippen LogP contribution in [0.2, 0.25) is 0 Å². The Kier molecular flexibility index (Phi) is 2.63. The summed E-state index contributed by atoms with van der Waals surface area (Å²) < 4.78 is 2.11. The monoisotopic (exact) mass is 207 g/mol. The summed E-state index contributed by atoms with van der Waals surface area (Å²) in [5, 5.41) is 12.3. The first-order valence-corrected chi connectivity index (χ1v) is 5.61. The van der Waals surface area contributed by atoms with E-state index in [2.05, 4.69) is 45.4 Å². The van der Waals surface area contributed by atoms with Gasteiger partial charge >= 0.3 is 0 Å². The van der Waals surface area contributed by atoms with Crippen molar-refractivity contribution in [3.63, 3.8) is 0 Å². The summed E-state index contributed by atoms with van der Waals surface area (Å²) in [6.07, 6.45) is 2.67. The van der Waals surface area contributed by atoms with Crippen molar-refractivity contribution in [1.82, 2.24) is 14.8 Å². The van der Waals surface area contributed by atoms with Crippen molar-refractivity contribution in [2.75, 3.05) is 0 Å². The minimum atomic E-state index is 0.429. The van der Waals surface area contributed by atoms with E-state index in [9.17, 15) is 0 Å². The topological polar surface area (TPSA) is 30.7 Å². The fraction of sp³-hybridized carbons (Fsp3) is 0.400. The summed E-state index contributed by atoms with van der Waals surface area (Å²) in [6, 6.07) is 2.56. The lowest BCUT2D eigenvalue weighted by atomic mass is 10.2. The molecule has 0 saturated carbocycles. The van der Waals surface area contributed by atoms with Gasteiger partial charge in [-0.1, -0.05) is 0 Å². The predicted octanol–water partition coefficient (Wildman–Crippen LogP) is 2.51. The maximum Gasteiger partial charge on any atom is 0.137 e. The molecule has 0 aliphatic heterocycles. The van der Waals surface area contributed by atoms with Gasteiger partial charge in [0.05, 0.1) is 0 Å². The Morgan fingerprint density at radius 3 is 3.00 bits per heavy atom. The van der Waals surface area contributed by atoms with Crippen LogP contribution in [0, 0.1) is 0 Å². The zero-order valence-electron chi connectivity index (χ0n) is 8.34. The number of hydrogen-bond acceptors (Lipinski definition) is 3. The molecule has 0 bridgehead atoms. The summed E-state index contributed by atoms with van der Waals surface area (Å²) in [4.78, 5) is 0. The van der Waals surface area contributed by atoms with E-state index in [1.54, 1.807) is 17.7 Å². The highest BCUT2D eigenvalue weighted by atomic mass is 32.1. The normalized spacial score (nSPS) is 11.1. The average molecular weight is 207 g/mol. The number of aromatic nitrogens is 3. The lowest BCUT2D eigenvalue weighted by Crippen LogP contribution is -2.05. The Balaban J connectivity index is 2.21. The second kappa shape index (κ2) is 3.92. The Morgan fingerprint density at radius 2 is 2.36 bits per heavy atom. The van der Waals surface area contributed by atoms with E-state index in [1.807, 2.05) is 0 Å². The predicted molar refractivity (Wildman–Crippen MR) is 57.5 cm³/mol. The van der Waals surface area contributed by atoms with Gasteiger partial charge in [0, 0.05) is 12.5 Å². The molecular weight excluding hydrogens is 194 g/mol. The molecule has 0 fully saturated rings. The molecule has 2 rings (SSSR count). The molecule has 0 aromatic carbocycles. The van der Waals surface area contributed by atoms with E-state index in [1.165, 1.54) is 5.56 Å². The van der Waals surface area contributed by atoms with Gasteiger partial charge in [0.15, 0.2) is 0 Å². The molecular formula is C10H13N3S. The molecule has 0 spiro atoms. The molecule has 0 amide bonds. The largest absolute Gasteiger partial charge is 0.315 e. The van der Waals surface area contributed by atoms with Crippen LogP contribution in [0.15, 0.2) is 23.2 Å². The fourth-order valence-corrected chi connectivity index (χ4v) is 2.07. The van der Waals surface area contributed by atoms with Gasteiger partial charge in [0.1, 0.15) is 12.2 Å². The van der Waals surface area contributed by atoms with E-state index in [4.69, 9.17) is 0 Å². The Morgan fingerprint density at radius 1 is 1.50 bits per heavy atom. The van der Waals surface area contributed by atoms with Crippen LogP contribution in [0.4, 0.5) is 0 Å². The number of thiophene rings is 1. The second-order valence-corrected chi connectivity index (χ2v) is 4.34. The summed E-state index contributed by atoms with van der Waals surface area (Å²) in [7, 11) is 0. The second-order valence-electron chi connectivity index (χ2n) is 3.56. The lowest BCUT2D eigenvalue weighted by Gasteiger charge is -2.08. The van der Waals surface area contributed by atoms with Crippen LogP contribution >= 0.6 is 11.3 Å². The van der Waals surface area contributed by atoms with Gasteiger partial charge in [-0.3, -0.25) is 0 Å². The molecule has 2 aromatic rings. The highest BCUT2D eigenvalue weighted by Crippen LogP contribution is 2.13. The Labute approximate surface area is 87.4 Å². The molecule has 2 aromatic heterocycles. The van der Waals surface area contributed by atoms with Crippen molar-refractivity contribution in [2.45, 2.75) is 26.3 Å². The van der Waals surface area contributed by atoms with Crippen LogP contribution < -0.4 is 0 Å². The molecule has 14 heavy (non-hydrogen) atoms. The molecule has 74 valence electrons. The number of rotatable bonds is 3. The maximum absolute atomic E-state index is 4.13. The van der Waals surface area contributed by atoms with Crippen molar-refractivity contribution in [2.24, 2.45) is 0 Å². The van der Waals surface area contributed by atoms with Crippen molar-refractivity contribution >= 4 is 11.3 Å². The van der Waals surface area contributed by atoms with Crippen molar-refractivity contribution in [1.29, 1.82) is 0 Å². The molecule has 2 heterocycles. The lowest BCUT2D eigenvalue weighted by molar-refractivity contribution is 0.574. The van der Waals surface area contributed by atoms with Crippen LogP contribution in [-0.2, 0) is 6.42 Å². The van der Waals surface area contributed by atoms with Crippen LogP contribution in [0.25, 0.3) is 0 Å². The van der Waals surface area contributed by atoms with Crippen molar-refractivity contribution in [3.05, 3.63) is 34.5 Å². The molecule has 3 nitrogen and oxygen atoms in total. The molecule has 0 radical (unpaired) electrons. The van der Waals surface area contributed by atoms with Crippen LogP contribution in [0.3, 0.4) is 0 Å². The van der Waals surface area contributed by atoms with E-state index >= 15 is 0 Å². The standard InChI is InChI=1S/C10H13N3S/c1-8(2)13-7-11-12-10(13)5-9-3-4-14-6-9/h3-4,6-8H,5H2,1-2H3. The highest BCUT2D eigenvalue weighted by Gasteiger charge is 2.07. The molecule has 0 saturated heterocycles. The molecule has 0 N–H and O–H groups in total. The van der Waals surface area contributed by atoms with Gasteiger partial charge in [-0.15, -0.1) is 10.2 Å². The van der Waals surface area contributed by atoms with E-state index in [0.29, 0.717) is 6.04 Å². The number of nitrogens with zero attached hydrogens (tertiary/aromatic N) is 3. The van der Waals surface area contributed by atoms with Gasteiger partial charge in [-0.2, -0.15) is 11.3 Å². The third-order valence-corrected chi connectivity index (χ3v) is 2.88. The Bertz CT molecular complexity index is 389. The smallest absolute Gasteiger partial charge is 0.137 e. The Hall–Kier alpha value is -1.16. The third-order valence-electron chi connectivity index (χ3n) is 2.15. The van der Waals surface area contributed by atoms with E-state index in [-0.39, 0.29) is 0 Å². The van der Waals surface area contributed by atoms with E-state index in [0.717, 1.165) is 12.2 Å². The minimum Gasteiger partial charge on any atom is -0.315 e. The molecule has 0 unspecified atom stereocenters.